The molecule has 0 bridgehead atoms. The van der Waals surface area contributed by atoms with Crippen molar-refractivity contribution < 1.29 is 0 Å². The first-order valence-corrected chi connectivity index (χ1v) is 9.27. The molecule has 21 heavy (non-hydrogen) atoms. The average molecular weight is 301 g/mol. The van der Waals surface area contributed by atoms with Gasteiger partial charge < -0.3 is 10.6 Å². The quantitative estimate of drug-likeness (QED) is 0.560. The van der Waals surface area contributed by atoms with Gasteiger partial charge in [-0.2, -0.15) is 0 Å². The summed E-state index contributed by atoms with van der Waals surface area (Å²) in [4.78, 5) is 0. The molecule has 2 saturated carbocycles. The molecule has 4 aliphatic rings. The number of hydrogen-bond acceptors (Lipinski definition) is 0. The summed E-state index contributed by atoms with van der Waals surface area (Å²) in [5.74, 6) is 1.98. The predicted molar refractivity (Wildman–Crippen MR) is 92.2 cm³/mol. The molecule has 4 rings (SSSR count). The minimum Gasteiger partial charge on any atom is -0.659 e. The predicted octanol–water partition coefficient (Wildman–Crippen LogP) is 5.04. The van der Waals surface area contributed by atoms with Crippen molar-refractivity contribution in [3.05, 3.63) is 10.6 Å². The van der Waals surface area contributed by atoms with Crippen LogP contribution < -0.4 is 0 Å². The van der Waals surface area contributed by atoms with Crippen molar-refractivity contribution in [3.63, 3.8) is 0 Å². The van der Waals surface area contributed by atoms with Gasteiger partial charge in [-0.15, -0.1) is 25.2 Å². The number of fused-ring (bicyclic) bond motifs is 2. The van der Waals surface area contributed by atoms with Gasteiger partial charge in [-0.1, -0.05) is 88.9 Å². The summed E-state index contributed by atoms with van der Waals surface area (Å²) in [6, 6.07) is 1.56. The third-order valence-electron chi connectivity index (χ3n) is 5.93. The Labute approximate surface area is 147 Å². The van der Waals surface area contributed by atoms with Crippen LogP contribution in [0.1, 0.15) is 77.0 Å². The molecular weight excluding hydrogens is 269 g/mol. The molecule has 0 aromatic heterocycles. The van der Waals surface area contributed by atoms with Gasteiger partial charge in [0.25, 0.3) is 0 Å². The van der Waals surface area contributed by atoms with Crippen LogP contribution in [-0.4, -0.2) is 48.2 Å². The molecule has 4 unspecified atom stereocenters. The molecule has 116 valence electrons. The Morgan fingerprint density at radius 2 is 0.857 bits per heavy atom. The van der Waals surface area contributed by atoms with Crippen molar-refractivity contribution in [1.29, 1.82) is 0 Å². The third-order valence-corrected chi connectivity index (χ3v) is 5.93. The van der Waals surface area contributed by atoms with Gasteiger partial charge in [0, 0.05) is 0 Å². The number of rotatable bonds is 0. The van der Waals surface area contributed by atoms with Crippen molar-refractivity contribution in [3.8, 4) is 0 Å². The van der Waals surface area contributed by atoms with Gasteiger partial charge in [-0.25, -0.2) is 0 Å². The zero-order valence-corrected chi connectivity index (χ0v) is 15.2. The summed E-state index contributed by atoms with van der Waals surface area (Å²) < 4.78 is 0. The van der Waals surface area contributed by atoms with Crippen LogP contribution in [0.25, 0.3) is 10.6 Å². The van der Waals surface area contributed by atoms with Crippen LogP contribution in [0.3, 0.4) is 0 Å². The van der Waals surface area contributed by atoms with E-state index in [0.717, 1.165) is 37.0 Å². The third kappa shape index (κ3) is 5.37. The van der Waals surface area contributed by atoms with Crippen LogP contribution in [-0.2, 0) is 0 Å². The fourth-order valence-corrected chi connectivity index (χ4v) is 4.75. The van der Waals surface area contributed by atoms with E-state index in [0.29, 0.717) is 0 Å². The topological polar surface area (TPSA) is 28.2 Å². The van der Waals surface area contributed by atoms with Crippen molar-refractivity contribution in [2.45, 2.75) is 89.1 Å². The van der Waals surface area contributed by atoms with Gasteiger partial charge in [0.05, 0.1) is 0 Å². The Hall–Kier alpha value is 0.686. The van der Waals surface area contributed by atoms with E-state index in [1.807, 2.05) is 0 Å². The van der Waals surface area contributed by atoms with Crippen molar-refractivity contribution >= 4 is 23.1 Å². The summed E-state index contributed by atoms with van der Waals surface area (Å²) in [5.41, 5.74) is 0. The minimum absolute atomic E-state index is 0. The largest absolute Gasteiger partial charge is 2.00 e. The number of nitrogens with zero attached hydrogens (tertiary/aromatic N) is 2. The Kier molecular flexibility index (Phi) is 8.36. The van der Waals surface area contributed by atoms with Gasteiger partial charge in [0.1, 0.15) is 0 Å². The normalized spacial score (nSPS) is 38.9. The minimum atomic E-state index is 0. The molecule has 0 N–H and O–H groups in total. The van der Waals surface area contributed by atoms with E-state index in [1.54, 1.807) is 0 Å². The van der Waals surface area contributed by atoms with E-state index in [-0.39, 0.29) is 23.1 Å². The summed E-state index contributed by atoms with van der Waals surface area (Å²) in [7, 11) is 0. The maximum atomic E-state index is 4.65. The molecule has 3 heteroatoms. The first-order chi connectivity index (χ1) is 9.93. The molecule has 0 spiro atoms. The summed E-state index contributed by atoms with van der Waals surface area (Å²) in [6.45, 7) is 2.31. The summed E-state index contributed by atoms with van der Waals surface area (Å²) >= 11 is 0. The maximum absolute atomic E-state index is 4.65. The molecule has 4 fully saturated rings. The SMILES string of the molecule is C1CCC2[N-]CCCC2C1.C1CCC2[N-]CCCC2C1.[Mg+2]. The molecule has 0 aromatic rings. The van der Waals surface area contributed by atoms with Crippen LogP contribution >= 0.6 is 0 Å². The Balaban J connectivity index is 0.000000147. The number of hydrogen-bond donors (Lipinski definition) is 0. The second-order valence-corrected chi connectivity index (χ2v) is 7.32. The Bertz CT molecular complexity index is 204. The molecule has 2 aliphatic carbocycles. The average Bonchev–Trinajstić information content (AvgIpc) is 2.56. The molecule has 2 heterocycles. The summed E-state index contributed by atoms with van der Waals surface area (Å²) in [6.07, 6.45) is 17.2. The molecule has 0 amide bonds. The van der Waals surface area contributed by atoms with Crippen LogP contribution in [0.5, 0.6) is 0 Å². The molecule has 2 saturated heterocycles. The van der Waals surface area contributed by atoms with Gasteiger partial charge in [0.15, 0.2) is 0 Å². The van der Waals surface area contributed by atoms with Gasteiger partial charge >= 0.3 is 23.1 Å². The van der Waals surface area contributed by atoms with E-state index in [4.69, 9.17) is 0 Å². The first-order valence-electron chi connectivity index (χ1n) is 9.27. The van der Waals surface area contributed by atoms with Gasteiger partial charge in [0.2, 0.25) is 0 Å². The zero-order chi connectivity index (χ0) is 13.6. The van der Waals surface area contributed by atoms with Crippen molar-refractivity contribution in [1.82, 2.24) is 0 Å². The molecule has 0 radical (unpaired) electrons. The molecular formula is C18H32MgN2. The van der Waals surface area contributed by atoms with E-state index in [2.05, 4.69) is 10.6 Å². The van der Waals surface area contributed by atoms with Gasteiger partial charge in [-0.05, 0) is 0 Å². The van der Waals surface area contributed by atoms with E-state index < -0.39 is 0 Å². The van der Waals surface area contributed by atoms with Crippen molar-refractivity contribution in [2.75, 3.05) is 13.1 Å². The van der Waals surface area contributed by atoms with Crippen LogP contribution in [0.15, 0.2) is 0 Å². The molecule has 2 aliphatic heterocycles. The first kappa shape index (κ1) is 18.0. The Morgan fingerprint density at radius 1 is 0.476 bits per heavy atom. The van der Waals surface area contributed by atoms with Crippen LogP contribution in [0.2, 0.25) is 0 Å². The monoisotopic (exact) mass is 300 g/mol. The smallest absolute Gasteiger partial charge is 0.659 e. The van der Waals surface area contributed by atoms with Crippen LogP contribution in [0.4, 0.5) is 0 Å². The fourth-order valence-electron chi connectivity index (χ4n) is 4.75. The van der Waals surface area contributed by atoms with Gasteiger partial charge in [-0.3, -0.25) is 0 Å². The maximum Gasteiger partial charge on any atom is 2.00 e. The standard InChI is InChI=1S/2C9H16N.Mg/c2*1-2-6-9-8(4-1)5-3-7-10-9;/h2*8-9H,1-7H2;/q2*-1;+2. The summed E-state index contributed by atoms with van der Waals surface area (Å²) in [5, 5.41) is 9.30. The number of piperidine rings is 2. The molecule has 2 nitrogen and oxygen atoms in total. The Morgan fingerprint density at radius 3 is 1.29 bits per heavy atom. The fraction of sp³-hybridized carbons (Fsp3) is 1.00. The van der Waals surface area contributed by atoms with E-state index in [1.165, 1.54) is 77.0 Å². The second-order valence-electron chi connectivity index (χ2n) is 7.32. The van der Waals surface area contributed by atoms with E-state index in [9.17, 15) is 0 Å². The second kappa shape index (κ2) is 9.74. The van der Waals surface area contributed by atoms with Crippen molar-refractivity contribution in [2.24, 2.45) is 11.8 Å². The zero-order valence-electron chi connectivity index (χ0n) is 13.8. The molecule has 4 atom stereocenters. The van der Waals surface area contributed by atoms with E-state index >= 15 is 0 Å². The van der Waals surface area contributed by atoms with Crippen LogP contribution in [0, 0.1) is 11.8 Å². The molecule has 0 aromatic carbocycles.